The smallest absolute Gasteiger partial charge is 0.220 e. The van der Waals surface area contributed by atoms with Crippen molar-refractivity contribution < 1.29 is 4.79 Å². The highest BCUT2D eigenvalue weighted by Crippen LogP contribution is 2.03. The molecule has 0 atom stereocenters. The molecule has 1 aromatic heterocycles. The molecular weight excluding hydrogens is 176 g/mol. The minimum atomic E-state index is 0.139. The molecule has 0 bridgehead atoms. The predicted molar refractivity (Wildman–Crippen MR) is 56.7 cm³/mol. The Balaban J connectivity index is 2.15. The van der Waals surface area contributed by atoms with Crippen LogP contribution in [-0.2, 0) is 11.3 Å². The Kier molecular flexibility index (Phi) is 4.23. The van der Waals surface area contributed by atoms with Crippen molar-refractivity contribution in [2.45, 2.75) is 33.2 Å². The zero-order valence-electron chi connectivity index (χ0n) is 8.84. The van der Waals surface area contributed by atoms with Crippen LogP contribution < -0.4 is 5.32 Å². The van der Waals surface area contributed by atoms with Crippen LogP contribution in [0, 0.1) is 5.92 Å². The molecule has 1 amide bonds. The van der Waals surface area contributed by atoms with Gasteiger partial charge in [-0.25, -0.2) is 0 Å². The first-order valence-electron chi connectivity index (χ1n) is 5.07. The average Bonchev–Trinajstić information content (AvgIpc) is 2.63. The minimum Gasteiger partial charge on any atom is -0.367 e. The molecule has 14 heavy (non-hydrogen) atoms. The van der Waals surface area contributed by atoms with Crippen LogP contribution in [0.2, 0.25) is 0 Å². The topological polar surface area (TPSA) is 44.9 Å². The number of rotatable bonds is 5. The van der Waals surface area contributed by atoms with E-state index in [1.807, 2.05) is 18.5 Å². The molecule has 0 radical (unpaired) electrons. The molecule has 0 aromatic carbocycles. The second kappa shape index (κ2) is 5.47. The Bertz CT molecular complexity index is 265. The lowest BCUT2D eigenvalue weighted by atomic mass is 10.1. The van der Waals surface area contributed by atoms with Gasteiger partial charge in [-0.1, -0.05) is 13.8 Å². The van der Waals surface area contributed by atoms with Crippen molar-refractivity contribution in [2.75, 3.05) is 0 Å². The van der Waals surface area contributed by atoms with E-state index >= 15 is 0 Å². The first-order chi connectivity index (χ1) is 6.68. The van der Waals surface area contributed by atoms with Crippen molar-refractivity contribution in [2.24, 2.45) is 5.92 Å². The van der Waals surface area contributed by atoms with Gasteiger partial charge in [0.15, 0.2) is 0 Å². The third-order valence-corrected chi connectivity index (χ3v) is 2.10. The first-order valence-corrected chi connectivity index (χ1v) is 5.07. The van der Waals surface area contributed by atoms with Crippen LogP contribution in [0.15, 0.2) is 18.5 Å². The molecule has 1 aromatic rings. The van der Waals surface area contributed by atoms with Crippen LogP contribution in [-0.4, -0.2) is 10.9 Å². The maximum Gasteiger partial charge on any atom is 0.220 e. The van der Waals surface area contributed by atoms with Gasteiger partial charge < -0.3 is 10.3 Å². The van der Waals surface area contributed by atoms with Gasteiger partial charge in [-0.05, 0) is 24.0 Å². The minimum absolute atomic E-state index is 0.139. The van der Waals surface area contributed by atoms with Crippen LogP contribution in [0.5, 0.6) is 0 Å². The Labute approximate surface area is 84.9 Å². The Morgan fingerprint density at radius 3 is 2.93 bits per heavy atom. The summed E-state index contributed by atoms with van der Waals surface area (Å²) in [4.78, 5) is 14.3. The van der Waals surface area contributed by atoms with Gasteiger partial charge >= 0.3 is 0 Å². The summed E-state index contributed by atoms with van der Waals surface area (Å²) in [6.45, 7) is 4.87. The van der Waals surface area contributed by atoms with Crippen molar-refractivity contribution >= 4 is 5.91 Å². The summed E-state index contributed by atoms with van der Waals surface area (Å²) < 4.78 is 0. The SMILES string of the molecule is CC(C)CCC(=O)NCc1cc[nH]c1. The van der Waals surface area contributed by atoms with Crippen molar-refractivity contribution in [3.05, 3.63) is 24.0 Å². The second-order valence-corrected chi connectivity index (χ2v) is 3.93. The fourth-order valence-corrected chi connectivity index (χ4v) is 1.18. The number of hydrogen-bond donors (Lipinski definition) is 2. The van der Waals surface area contributed by atoms with Gasteiger partial charge in [0.1, 0.15) is 0 Å². The molecule has 1 heterocycles. The van der Waals surface area contributed by atoms with Crippen molar-refractivity contribution in [1.82, 2.24) is 10.3 Å². The lowest BCUT2D eigenvalue weighted by Gasteiger charge is -2.05. The predicted octanol–water partition coefficient (Wildman–Crippen LogP) is 2.07. The zero-order chi connectivity index (χ0) is 10.4. The van der Waals surface area contributed by atoms with E-state index < -0.39 is 0 Å². The lowest BCUT2D eigenvalue weighted by Crippen LogP contribution is -2.22. The Morgan fingerprint density at radius 1 is 1.57 bits per heavy atom. The van der Waals surface area contributed by atoms with E-state index in [4.69, 9.17) is 0 Å². The number of amides is 1. The molecule has 1 rings (SSSR count). The normalized spacial score (nSPS) is 10.5. The second-order valence-electron chi connectivity index (χ2n) is 3.93. The molecular formula is C11H18N2O. The van der Waals surface area contributed by atoms with E-state index in [0.29, 0.717) is 18.9 Å². The molecule has 0 saturated carbocycles. The van der Waals surface area contributed by atoms with E-state index in [0.717, 1.165) is 12.0 Å². The molecule has 0 aliphatic rings. The molecule has 78 valence electrons. The van der Waals surface area contributed by atoms with Gasteiger partial charge in [-0.15, -0.1) is 0 Å². The standard InChI is InChI=1S/C11H18N2O/c1-9(2)3-4-11(14)13-8-10-5-6-12-7-10/h5-7,9,12H,3-4,8H2,1-2H3,(H,13,14). The molecule has 3 nitrogen and oxygen atoms in total. The van der Waals surface area contributed by atoms with E-state index in [1.165, 1.54) is 0 Å². The summed E-state index contributed by atoms with van der Waals surface area (Å²) in [5, 5.41) is 2.88. The molecule has 0 saturated heterocycles. The van der Waals surface area contributed by atoms with E-state index in [2.05, 4.69) is 24.1 Å². The molecule has 2 N–H and O–H groups in total. The summed E-state index contributed by atoms with van der Waals surface area (Å²) >= 11 is 0. The fourth-order valence-electron chi connectivity index (χ4n) is 1.18. The van der Waals surface area contributed by atoms with Crippen LogP contribution in [0.1, 0.15) is 32.3 Å². The maximum absolute atomic E-state index is 11.3. The maximum atomic E-state index is 11.3. The summed E-state index contributed by atoms with van der Waals surface area (Å²) in [6.07, 6.45) is 5.33. The number of aromatic amines is 1. The summed E-state index contributed by atoms with van der Waals surface area (Å²) in [5.74, 6) is 0.730. The van der Waals surface area contributed by atoms with Crippen LogP contribution in [0.4, 0.5) is 0 Å². The summed E-state index contributed by atoms with van der Waals surface area (Å²) in [6, 6.07) is 1.96. The zero-order valence-corrected chi connectivity index (χ0v) is 8.84. The van der Waals surface area contributed by atoms with Crippen molar-refractivity contribution in [3.63, 3.8) is 0 Å². The fraction of sp³-hybridized carbons (Fsp3) is 0.545. The van der Waals surface area contributed by atoms with Gasteiger partial charge in [0, 0.05) is 25.4 Å². The highest BCUT2D eigenvalue weighted by Gasteiger charge is 2.02. The van der Waals surface area contributed by atoms with Crippen molar-refractivity contribution in [3.8, 4) is 0 Å². The monoisotopic (exact) mass is 194 g/mol. The summed E-state index contributed by atoms with van der Waals surface area (Å²) in [7, 11) is 0. The van der Waals surface area contributed by atoms with Crippen LogP contribution in [0.25, 0.3) is 0 Å². The third-order valence-electron chi connectivity index (χ3n) is 2.10. The molecule has 0 aliphatic carbocycles. The first kappa shape index (κ1) is 10.8. The van der Waals surface area contributed by atoms with Crippen LogP contribution in [0.3, 0.4) is 0 Å². The Morgan fingerprint density at radius 2 is 2.36 bits per heavy atom. The summed E-state index contributed by atoms with van der Waals surface area (Å²) in [5.41, 5.74) is 1.11. The van der Waals surface area contributed by atoms with Crippen LogP contribution >= 0.6 is 0 Å². The van der Waals surface area contributed by atoms with Gasteiger partial charge in [0.05, 0.1) is 0 Å². The largest absolute Gasteiger partial charge is 0.367 e. The van der Waals surface area contributed by atoms with Gasteiger partial charge in [-0.3, -0.25) is 4.79 Å². The highest BCUT2D eigenvalue weighted by atomic mass is 16.1. The van der Waals surface area contributed by atoms with E-state index in [1.54, 1.807) is 0 Å². The van der Waals surface area contributed by atoms with Gasteiger partial charge in [0.25, 0.3) is 0 Å². The van der Waals surface area contributed by atoms with Gasteiger partial charge in [-0.2, -0.15) is 0 Å². The molecule has 0 spiro atoms. The molecule has 0 unspecified atom stereocenters. The van der Waals surface area contributed by atoms with E-state index in [-0.39, 0.29) is 5.91 Å². The number of carbonyl (C=O) groups excluding carboxylic acids is 1. The quantitative estimate of drug-likeness (QED) is 0.740. The third kappa shape index (κ3) is 4.12. The van der Waals surface area contributed by atoms with Gasteiger partial charge in [0.2, 0.25) is 5.91 Å². The number of carbonyl (C=O) groups is 1. The molecule has 0 fully saturated rings. The number of hydrogen-bond acceptors (Lipinski definition) is 1. The number of nitrogens with one attached hydrogen (secondary N) is 2. The highest BCUT2D eigenvalue weighted by molar-refractivity contribution is 5.75. The average molecular weight is 194 g/mol. The van der Waals surface area contributed by atoms with Crippen molar-refractivity contribution in [1.29, 1.82) is 0 Å². The van der Waals surface area contributed by atoms with E-state index in [9.17, 15) is 4.79 Å². The Hall–Kier alpha value is -1.25. The molecule has 0 aliphatic heterocycles. The lowest BCUT2D eigenvalue weighted by molar-refractivity contribution is -0.121. The number of H-pyrrole nitrogens is 1. The number of aromatic nitrogens is 1. The molecule has 3 heteroatoms.